The van der Waals surface area contributed by atoms with E-state index in [1.54, 1.807) is 6.20 Å². The van der Waals surface area contributed by atoms with Crippen molar-refractivity contribution >= 4 is 21.9 Å². The van der Waals surface area contributed by atoms with Crippen molar-refractivity contribution in [2.24, 2.45) is 5.84 Å². The lowest BCUT2D eigenvalue weighted by Gasteiger charge is -2.32. The van der Waals surface area contributed by atoms with Crippen LogP contribution in [0.2, 0.25) is 0 Å². The van der Waals surface area contributed by atoms with E-state index in [1.807, 2.05) is 13.8 Å². The van der Waals surface area contributed by atoms with Crippen LogP contribution in [0, 0.1) is 0 Å². The summed E-state index contributed by atoms with van der Waals surface area (Å²) < 4.78 is 12.3. The van der Waals surface area contributed by atoms with Crippen LogP contribution in [0.15, 0.2) is 10.7 Å². The molecule has 6 nitrogen and oxygen atoms in total. The molecule has 3 N–H and O–H groups in total. The summed E-state index contributed by atoms with van der Waals surface area (Å²) in [6.07, 6.45) is 3.82. The number of ether oxygens (including phenoxy) is 2. The Bertz CT molecular complexity index is 408. The molecule has 1 fully saturated rings. The zero-order chi connectivity index (χ0) is 13.1. The van der Waals surface area contributed by atoms with Crippen LogP contribution in [0.5, 0.6) is 5.88 Å². The van der Waals surface area contributed by atoms with Gasteiger partial charge in [0.05, 0.1) is 22.9 Å². The predicted octanol–water partition coefficient (Wildman–Crippen LogP) is 1.86. The summed E-state index contributed by atoms with van der Waals surface area (Å²) in [5.74, 6) is 6.12. The summed E-state index contributed by atoms with van der Waals surface area (Å²) in [4.78, 5) is 8.16. The molecule has 2 rings (SSSR count). The van der Waals surface area contributed by atoms with Gasteiger partial charge in [0.25, 0.3) is 0 Å². The van der Waals surface area contributed by atoms with Crippen LogP contribution in [0.25, 0.3) is 0 Å². The van der Waals surface area contributed by atoms with Gasteiger partial charge in [0.2, 0.25) is 11.8 Å². The van der Waals surface area contributed by atoms with Crippen LogP contribution in [-0.4, -0.2) is 28.3 Å². The number of anilines is 1. The highest BCUT2D eigenvalue weighted by atomic mass is 79.9. The van der Waals surface area contributed by atoms with E-state index < -0.39 is 0 Å². The zero-order valence-corrected chi connectivity index (χ0v) is 12.0. The maximum atomic E-state index is 5.90. The van der Waals surface area contributed by atoms with Crippen molar-refractivity contribution in [3.8, 4) is 5.88 Å². The summed E-state index contributed by atoms with van der Waals surface area (Å²) >= 11 is 3.37. The van der Waals surface area contributed by atoms with E-state index in [-0.39, 0.29) is 18.3 Å². The average molecular weight is 317 g/mol. The molecule has 0 saturated carbocycles. The van der Waals surface area contributed by atoms with Crippen LogP contribution >= 0.6 is 15.9 Å². The zero-order valence-electron chi connectivity index (χ0n) is 10.4. The molecule has 0 aliphatic carbocycles. The Balaban J connectivity index is 2.08. The van der Waals surface area contributed by atoms with Gasteiger partial charge in [0.1, 0.15) is 6.10 Å². The van der Waals surface area contributed by atoms with Crippen molar-refractivity contribution in [1.82, 2.24) is 9.97 Å². The smallest absolute Gasteiger partial charge is 0.240 e. The lowest BCUT2D eigenvalue weighted by Crippen LogP contribution is -2.36. The number of rotatable bonds is 3. The minimum Gasteiger partial charge on any atom is -0.473 e. The van der Waals surface area contributed by atoms with Gasteiger partial charge in [-0.15, -0.1) is 0 Å². The molecule has 100 valence electrons. The van der Waals surface area contributed by atoms with Gasteiger partial charge in [-0.05, 0) is 29.8 Å². The van der Waals surface area contributed by atoms with Crippen LogP contribution in [-0.2, 0) is 4.74 Å². The minimum absolute atomic E-state index is 0.0978. The minimum atomic E-state index is 0.0978. The summed E-state index contributed by atoms with van der Waals surface area (Å²) in [6.45, 7) is 4.10. The van der Waals surface area contributed by atoms with E-state index in [0.717, 1.165) is 12.8 Å². The van der Waals surface area contributed by atoms with Gasteiger partial charge < -0.3 is 9.47 Å². The second kappa shape index (κ2) is 5.81. The van der Waals surface area contributed by atoms with E-state index in [0.29, 0.717) is 16.3 Å². The first-order valence-corrected chi connectivity index (χ1v) is 6.69. The number of nitrogens with one attached hydrogen (secondary N) is 1. The molecule has 1 aromatic heterocycles. The second-order valence-electron chi connectivity index (χ2n) is 4.46. The third-order valence-corrected chi connectivity index (χ3v) is 3.32. The number of nitrogens with two attached hydrogens (primary N) is 1. The summed E-state index contributed by atoms with van der Waals surface area (Å²) in [7, 11) is 0. The first-order valence-electron chi connectivity index (χ1n) is 5.89. The fourth-order valence-corrected chi connectivity index (χ4v) is 2.39. The Hall–Kier alpha value is -0.920. The topological polar surface area (TPSA) is 82.3 Å². The Morgan fingerprint density at radius 3 is 2.72 bits per heavy atom. The van der Waals surface area contributed by atoms with Gasteiger partial charge >= 0.3 is 0 Å². The standard InChI is InChI=1S/C11H17BrN4O2/c1-6-3-8(4-7(2)17-6)18-10-9(12)5-14-11(15-10)16-13/h5-8H,3-4,13H2,1-2H3,(H,14,15,16). The van der Waals surface area contributed by atoms with E-state index in [1.165, 1.54) is 0 Å². The third-order valence-electron chi connectivity index (χ3n) is 2.77. The van der Waals surface area contributed by atoms with Crippen molar-refractivity contribution in [1.29, 1.82) is 0 Å². The number of nitrogen functional groups attached to an aromatic ring is 1. The Labute approximate surface area is 114 Å². The van der Waals surface area contributed by atoms with E-state index in [2.05, 4.69) is 31.3 Å². The van der Waals surface area contributed by atoms with Gasteiger partial charge in [-0.2, -0.15) is 4.98 Å². The van der Waals surface area contributed by atoms with Gasteiger partial charge in [0, 0.05) is 12.8 Å². The second-order valence-corrected chi connectivity index (χ2v) is 5.31. The molecule has 7 heteroatoms. The first kappa shape index (κ1) is 13.5. The molecule has 1 saturated heterocycles. The van der Waals surface area contributed by atoms with Gasteiger partial charge in [0.15, 0.2) is 0 Å². The Kier molecular flexibility index (Phi) is 4.36. The summed E-state index contributed by atoms with van der Waals surface area (Å²) in [5.41, 5.74) is 2.40. The summed E-state index contributed by atoms with van der Waals surface area (Å²) in [6, 6.07) is 0. The van der Waals surface area contributed by atoms with Gasteiger partial charge in [-0.3, -0.25) is 5.43 Å². The predicted molar refractivity (Wildman–Crippen MR) is 71.2 cm³/mol. The first-order chi connectivity index (χ1) is 8.58. The molecular formula is C11H17BrN4O2. The quantitative estimate of drug-likeness (QED) is 0.654. The molecular weight excluding hydrogens is 300 g/mol. The fourth-order valence-electron chi connectivity index (χ4n) is 2.10. The van der Waals surface area contributed by atoms with Crippen LogP contribution < -0.4 is 16.0 Å². The number of hydrogen-bond donors (Lipinski definition) is 2. The van der Waals surface area contributed by atoms with Gasteiger partial charge in [-0.25, -0.2) is 10.8 Å². The van der Waals surface area contributed by atoms with Crippen LogP contribution in [0.4, 0.5) is 5.95 Å². The SMILES string of the molecule is CC1CC(Oc2nc(NN)ncc2Br)CC(C)O1. The lowest BCUT2D eigenvalue weighted by atomic mass is 10.0. The average Bonchev–Trinajstić information content (AvgIpc) is 2.30. The van der Waals surface area contributed by atoms with Crippen LogP contribution in [0.3, 0.4) is 0 Å². The number of hydrogen-bond acceptors (Lipinski definition) is 6. The van der Waals surface area contributed by atoms with E-state index in [4.69, 9.17) is 15.3 Å². The number of aromatic nitrogens is 2. The van der Waals surface area contributed by atoms with E-state index >= 15 is 0 Å². The van der Waals surface area contributed by atoms with Crippen molar-refractivity contribution in [3.63, 3.8) is 0 Å². The summed E-state index contributed by atoms with van der Waals surface area (Å²) in [5, 5.41) is 0. The molecule has 0 radical (unpaired) electrons. The number of halogens is 1. The molecule has 1 aliphatic rings. The third kappa shape index (κ3) is 3.30. The van der Waals surface area contributed by atoms with E-state index in [9.17, 15) is 0 Å². The molecule has 0 aromatic carbocycles. The molecule has 18 heavy (non-hydrogen) atoms. The normalized spacial score (nSPS) is 27.9. The monoisotopic (exact) mass is 316 g/mol. The van der Waals surface area contributed by atoms with Gasteiger partial charge in [-0.1, -0.05) is 0 Å². The molecule has 1 aromatic rings. The highest BCUT2D eigenvalue weighted by Gasteiger charge is 2.26. The molecule has 2 heterocycles. The fraction of sp³-hybridized carbons (Fsp3) is 0.636. The van der Waals surface area contributed by atoms with Crippen molar-refractivity contribution in [2.75, 3.05) is 5.43 Å². The lowest BCUT2D eigenvalue weighted by molar-refractivity contribution is -0.0731. The maximum absolute atomic E-state index is 5.90. The largest absolute Gasteiger partial charge is 0.473 e. The Morgan fingerprint density at radius 1 is 1.44 bits per heavy atom. The van der Waals surface area contributed by atoms with Crippen molar-refractivity contribution < 1.29 is 9.47 Å². The molecule has 0 bridgehead atoms. The number of hydrazine groups is 1. The Morgan fingerprint density at radius 2 is 2.11 bits per heavy atom. The highest BCUT2D eigenvalue weighted by molar-refractivity contribution is 9.10. The van der Waals surface area contributed by atoms with Crippen LogP contribution in [0.1, 0.15) is 26.7 Å². The molecule has 0 amide bonds. The van der Waals surface area contributed by atoms with Crippen molar-refractivity contribution in [3.05, 3.63) is 10.7 Å². The highest BCUT2D eigenvalue weighted by Crippen LogP contribution is 2.28. The number of nitrogens with zero attached hydrogens (tertiary/aromatic N) is 2. The molecule has 0 spiro atoms. The molecule has 2 unspecified atom stereocenters. The maximum Gasteiger partial charge on any atom is 0.240 e. The molecule has 2 atom stereocenters. The van der Waals surface area contributed by atoms with Crippen molar-refractivity contribution in [2.45, 2.75) is 45.0 Å². The molecule has 1 aliphatic heterocycles.